The summed E-state index contributed by atoms with van der Waals surface area (Å²) in [5.74, 6) is 1.09. The van der Waals surface area contributed by atoms with Crippen molar-refractivity contribution in [1.29, 1.82) is 5.26 Å². The van der Waals surface area contributed by atoms with Crippen LogP contribution in [0.4, 0.5) is 0 Å². The van der Waals surface area contributed by atoms with Crippen LogP contribution in [-0.2, 0) is 24.3 Å². The summed E-state index contributed by atoms with van der Waals surface area (Å²) >= 11 is 0. The molecule has 0 atom stereocenters. The molecule has 0 aromatic heterocycles. The van der Waals surface area contributed by atoms with Crippen molar-refractivity contribution in [1.82, 2.24) is 10.2 Å². The number of carbonyl (C=O) groups excluding carboxylic acids is 1. The number of nitrogens with zero attached hydrogens (tertiary/aromatic N) is 2. The molecule has 4 nitrogen and oxygen atoms in total. The molecule has 1 aliphatic rings. The maximum atomic E-state index is 11.6. The van der Waals surface area contributed by atoms with Gasteiger partial charge in [-0.15, -0.1) is 0 Å². The van der Waals surface area contributed by atoms with E-state index in [0.29, 0.717) is 31.6 Å². The minimum Gasteiger partial charge on any atom is -0.350 e. The zero-order valence-corrected chi connectivity index (χ0v) is 20.2. The zero-order valence-electron chi connectivity index (χ0n) is 20.2. The summed E-state index contributed by atoms with van der Waals surface area (Å²) < 4.78 is 0. The molecular formula is C30H33N3O. The summed E-state index contributed by atoms with van der Waals surface area (Å²) in [5, 5.41) is 12.6. The molecule has 0 fully saturated rings. The number of carbonyl (C=O) groups is 1. The van der Waals surface area contributed by atoms with Gasteiger partial charge in [-0.25, -0.2) is 0 Å². The quantitative estimate of drug-likeness (QED) is 0.438. The van der Waals surface area contributed by atoms with Crippen molar-refractivity contribution in [3.63, 3.8) is 0 Å². The summed E-state index contributed by atoms with van der Waals surface area (Å²) in [6, 6.07) is 19.3. The predicted molar refractivity (Wildman–Crippen MR) is 138 cm³/mol. The average Bonchev–Trinajstić information content (AvgIpc) is 3.09. The molecule has 174 valence electrons. The Hall–Kier alpha value is -3.84. The number of allylic oxidation sites excluding steroid dienone is 5. The fourth-order valence-electron chi connectivity index (χ4n) is 3.69. The number of hydrogen-bond acceptors (Lipinski definition) is 4. The van der Waals surface area contributed by atoms with E-state index in [9.17, 15) is 4.79 Å². The van der Waals surface area contributed by atoms with E-state index in [4.69, 9.17) is 5.26 Å². The number of nitrogens with one attached hydrogen (secondary N) is 1. The second kappa shape index (κ2) is 12.4. The first-order chi connectivity index (χ1) is 16.5. The van der Waals surface area contributed by atoms with Gasteiger partial charge in [-0.05, 0) is 48.3 Å². The van der Waals surface area contributed by atoms with Gasteiger partial charge in [-0.3, -0.25) is 4.79 Å². The summed E-state index contributed by atoms with van der Waals surface area (Å²) in [4.78, 5) is 13.9. The monoisotopic (exact) mass is 451 g/mol. The molecule has 0 heterocycles. The summed E-state index contributed by atoms with van der Waals surface area (Å²) in [5.41, 5.74) is 6.44. The van der Waals surface area contributed by atoms with Gasteiger partial charge in [0.2, 0.25) is 0 Å². The van der Waals surface area contributed by atoms with E-state index in [1.807, 2.05) is 31.2 Å². The van der Waals surface area contributed by atoms with Crippen LogP contribution in [0.2, 0.25) is 0 Å². The SMILES string of the molecule is C=C(NC1=CC=C(C#N)CC=C1)N(Cc1ccc(C)cc1)Cc1ccc(CCC(=O)CC)cc1. The van der Waals surface area contributed by atoms with Crippen molar-refractivity contribution in [3.05, 3.63) is 119 Å². The van der Waals surface area contributed by atoms with Gasteiger partial charge in [0.15, 0.2) is 0 Å². The number of nitriles is 1. The van der Waals surface area contributed by atoms with E-state index in [-0.39, 0.29) is 0 Å². The Morgan fingerprint density at radius 2 is 1.65 bits per heavy atom. The van der Waals surface area contributed by atoms with Crippen molar-refractivity contribution in [3.8, 4) is 6.07 Å². The summed E-state index contributed by atoms with van der Waals surface area (Å²) in [6.07, 6.45) is 10.4. The lowest BCUT2D eigenvalue weighted by Gasteiger charge is -2.28. The van der Waals surface area contributed by atoms with E-state index >= 15 is 0 Å². The van der Waals surface area contributed by atoms with Crippen molar-refractivity contribution in [2.45, 2.75) is 52.6 Å². The van der Waals surface area contributed by atoms with E-state index in [2.05, 4.69) is 78.3 Å². The zero-order chi connectivity index (χ0) is 24.3. The Balaban J connectivity index is 1.74. The van der Waals surface area contributed by atoms with Gasteiger partial charge in [-0.1, -0.05) is 73.7 Å². The minimum atomic E-state index is 0.300. The van der Waals surface area contributed by atoms with Crippen molar-refractivity contribution >= 4 is 5.78 Å². The first-order valence-electron chi connectivity index (χ1n) is 11.8. The summed E-state index contributed by atoms with van der Waals surface area (Å²) in [7, 11) is 0. The van der Waals surface area contributed by atoms with Crippen LogP contribution in [0.3, 0.4) is 0 Å². The molecule has 0 unspecified atom stereocenters. The van der Waals surface area contributed by atoms with Crippen LogP contribution in [0.15, 0.2) is 96.5 Å². The van der Waals surface area contributed by atoms with Crippen LogP contribution in [-0.4, -0.2) is 10.7 Å². The third kappa shape index (κ3) is 7.64. The van der Waals surface area contributed by atoms with Gasteiger partial charge < -0.3 is 10.2 Å². The molecule has 34 heavy (non-hydrogen) atoms. The lowest BCUT2D eigenvalue weighted by molar-refractivity contribution is -0.118. The van der Waals surface area contributed by atoms with Gasteiger partial charge in [-0.2, -0.15) is 5.26 Å². The van der Waals surface area contributed by atoms with Crippen molar-refractivity contribution < 1.29 is 4.79 Å². The Bertz CT molecular complexity index is 1130. The Morgan fingerprint density at radius 1 is 1.03 bits per heavy atom. The Morgan fingerprint density at radius 3 is 2.26 bits per heavy atom. The number of aryl methyl sites for hydroxylation is 2. The first kappa shape index (κ1) is 24.8. The molecule has 0 saturated carbocycles. The first-order valence-corrected chi connectivity index (χ1v) is 11.8. The van der Waals surface area contributed by atoms with Crippen LogP contribution in [0.1, 0.15) is 48.4 Å². The molecule has 0 aliphatic heterocycles. The normalized spacial score (nSPS) is 12.7. The van der Waals surface area contributed by atoms with Gasteiger partial charge in [0.1, 0.15) is 5.78 Å². The highest BCUT2D eigenvalue weighted by atomic mass is 16.1. The average molecular weight is 452 g/mol. The highest BCUT2D eigenvalue weighted by Crippen LogP contribution is 2.18. The van der Waals surface area contributed by atoms with Crippen LogP contribution >= 0.6 is 0 Å². The number of benzene rings is 2. The molecule has 2 aromatic rings. The molecule has 3 rings (SSSR count). The molecule has 1 N–H and O–H groups in total. The predicted octanol–water partition coefficient (Wildman–Crippen LogP) is 6.26. The fourth-order valence-corrected chi connectivity index (χ4v) is 3.69. The van der Waals surface area contributed by atoms with Gasteiger partial charge in [0.25, 0.3) is 0 Å². The molecule has 4 heteroatoms. The van der Waals surface area contributed by atoms with Crippen LogP contribution in [0.5, 0.6) is 0 Å². The summed E-state index contributed by atoms with van der Waals surface area (Å²) in [6.45, 7) is 9.74. The third-order valence-corrected chi connectivity index (χ3v) is 5.89. The molecule has 0 saturated heterocycles. The number of ketones is 1. The number of rotatable bonds is 11. The van der Waals surface area contributed by atoms with Crippen molar-refractivity contribution in [2.75, 3.05) is 0 Å². The second-order valence-corrected chi connectivity index (χ2v) is 8.65. The Labute approximate surface area is 203 Å². The van der Waals surface area contributed by atoms with E-state index < -0.39 is 0 Å². The van der Waals surface area contributed by atoms with E-state index in [1.54, 1.807) is 0 Å². The highest BCUT2D eigenvalue weighted by molar-refractivity contribution is 5.78. The maximum absolute atomic E-state index is 11.6. The fraction of sp³-hybridized carbons (Fsp3) is 0.267. The maximum Gasteiger partial charge on any atom is 0.132 e. The van der Waals surface area contributed by atoms with E-state index in [1.165, 1.54) is 22.3 Å². The minimum absolute atomic E-state index is 0.300. The lowest BCUT2D eigenvalue weighted by atomic mass is 10.0. The number of hydrogen-bond donors (Lipinski definition) is 1. The molecule has 1 aliphatic carbocycles. The van der Waals surface area contributed by atoms with Gasteiger partial charge in [0.05, 0.1) is 11.9 Å². The standard InChI is InChI=1S/C30H33N3O/c1-4-30(34)19-17-25-12-14-28(15-13-25)22-33(21-27-10-8-23(2)9-11-27)24(3)32-29-7-5-6-26(20-31)16-18-29/h5,7-16,18,32H,3-4,6,17,19,21-22H2,1-2H3. The largest absolute Gasteiger partial charge is 0.350 e. The molecular weight excluding hydrogens is 418 g/mol. The molecule has 0 amide bonds. The molecule has 0 spiro atoms. The second-order valence-electron chi connectivity index (χ2n) is 8.65. The highest BCUT2D eigenvalue weighted by Gasteiger charge is 2.12. The molecule has 0 radical (unpaired) electrons. The topological polar surface area (TPSA) is 56.1 Å². The van der Waals surface area contributed by atoms with Gasteiger partial charge in [0, 0.05) is 43.6 Å². The smallest absolute Gasteiger partial charge is 0.132 e. The Kier molecular flexibility index (Phi) is 9.05. The van der Waals surface area contributed by atoms with Gasteiger partial charge >= 0.3 is 0 Å². The van der Waals surface area contributed by atoms with Crippen LogP contribution in [0, 0.1) is 18.3 Å². The van der Waals surface area contributed by atoms with E-state index in [0.717, 1.165) is 30.1 Å². The number of Topliss-reactive ketones (excluding diaryl/α,β-unsaturated/α-hetero) is 1. The third-order valence-electron chi connectivity index (χ3n) is 5.89. The molecule has 2 aromatic carbocycles. The van der Waals surface area contributed by atoms with Crippen LogP contribution in [0.25, 0.3) is 0 Å². The molecule has 0 bridgehead atoms. The van der Waals surface area contributed by atoms with Crippen LogP contribution < -0.4 is 5.32 Å². The van der Waals surface area contributed by atoms with Crippen molar-refractivity contribution in [2.24, 2.45) is 0 Å². The lowest BCUT2D eigenvalue weighted by Crippen LogP contribution is -2.30.